The summed E-state index contributed by atoms with van der Waals surface area (Å²) in [6.45, 7) is 9.91. The van der Waals surface area contributed by atoms with Gasteiger partial charge in [-0.3, -0.25) is 0 Å². The minimum atomic E-state index is -1.05. The number of nitrogens with two attached hydrogens (primary N) is 1. The first-order valence-electron chi connectivity index (χ1n) is 5.04. The normalized spacial score (nSPS) is 10.9. The van der Waals surface area contributed by atoms with Gasteiger partial charge in [0, 0.05) is 0 Å². The zero-order chi connectivity index (χ0) is 12.3. The van der Waals surface area contributed by atoms with E-state index in [-0.39, 0.29) is 11.5 Å². The van der Waals surface area contributed by atoms with Gasteiger partial charge in [0.2, 0.25) is 0 Å². The fourth-order valence-electron chi connectivity index (χ4n) is 0.619. The fourth-order valence-corrected chi connectivity index (χ4v) is 0.619. The topological polar surface area (TPSA) is 84.6 Å². The summed E-state index contributed by atoms with van der Waals surface area (Å²) in [5, 5.41) is 11.5. The van der Waals surface area contributed by atoms with Crippen molar-refractivity contribution >= 4 is 5.97 Å². The second-order valence-corrected chi connectivity index (χ2v) is 2.68. The van der Waals surface area contributed by atoms with Gasteiger partial charge in [0.05, 0.1) is 12.2 Å². The Bertz CT molecular complexity index is 201. The highest BCUT2D eigenvalue weighted by Gasteiger charge is 2.05. The molecular weight excluding hydrogens is 196 g/mol. The zero-order valence-corrected chi connectivity index (χ0v) is 9.96. The van der Waals surface area contributed by atoms with E-state index in [0.29, 0.717) is 6.61 Å². The number of carboxylic acids is 1. The van der Waals surface area contributed by atoms with Crippen LogP contribution in [0.2, 0.25) is 0 Å². The van der Waals surface area contributed by atoms with Crippen molar-refractivity contribution in [2.45, 2.75) is 27.7 Å². The van der Waals surface area contributed by atoms with Gasteiger partial charge in [-0.2, -0.15) is 0 Å². The van der Waals surface area contributed by atoms with Gasteiger partial charge in [-0.1, -0.05) is 13.8 Å². The van der Waals surface area contributed by atoms with Crippen molar-refractivity contribution in [2.75, 3.05) is 19.7 Å². The maximum absolute atomic E-state index is 10.2. The van der Waals surface area contributed by atoms with E-state index in [2.05, 4.69) is 19.2 Å². The first-order chi connectivity index (χ1) is 7.01. The van der Waals surface area contributed by atoms with E-state index in [1.165, 1.54) is 6.92 Å². The molecule has 0 aliphatic rings. The number of nitrogens with one attached hydrogen (secondary N) is 1. The molecule has 0 aliphatic carbocycles. The quantitative estimate of drug-likeness (QED) is 0.472. The van der Waals surface area contributed by atoms with Gasteiger partial charge in [0.15, 0.2) is 5.88 Å². The molecule has 0 saturated heterocycles. The number of ether oxygens (including phenoxy) is 1. The maximum atomic E-state index is 10.2. The molecule has 0 aliphatic heterocycles. The third-order valence-corrected chi connectivity index (χ3v) is 1.49. The molecule has 0 aromatic heterocycles. The molecule has 0 aromatic carbocycles. The molecule has 5 nitrogen and oxygen atoms in total. The molecule has 0 aromatic rings. The summed E-state index contributed by atoms with van der Waals surface area (Å²) in [4.78, 5) is 10.2. The van der Waals surface area contributed by atoms with Crippen LogP contribution in [0.4, 0.5) is 0 Å². The molecule has 15 heavy (non-hydrogen) atoms. The predicted molar refractivity (Wildman–Crippen MR) is 60.4 cm³/mol. The van der Waals surface area contributed by atoms with E-state index in [4.69, 9.17) is 15.6 Å². The second-order valence-electron chi connectivity index (χ2n) is 2.68. The lowest BCUT2D eigenvalue weighted by atomic mass is 10.3. The third kappa shape index (κ3) is 10.7. The van der Waals surface area contributed by atoms with E-state index >= 15 is 0 Å². The Balaban J connectivity index is 0. The van der Waals surface area contributed by atoms with E-state index in [1.54, 1.807) is 6.92 Å². The summed E-state index contributed by atoms with van der Waals surface area (Å²) in [7, 11) is 0. The van der Waals surface area contributed by atoms with Crippen molar-refractivity contribution in [2.24, 2.45) is 5.73 Å². The summed E-state index contributed by atoms with van der Waals surface area (Å²) >= 11 is 0. The molecule has 5 heteroatoms. The maximum Gasteiger partial charge on any atom is 0.336 e. The van der Waals surface area contributed by atoms with Gasteiger partial charge >= 0.3 is 5.97 Å². The molecule has 0 saturated carbocycles. The van der Waals surface area contributed by atoms with Gasteiger partial charge in [0.25, 0.3) is 0 Å². The summed E-state index contributed by atoms with van der Waals surface area (Å²) in [5.41, 5.74) is 5.25. The Morgan fingerprint density at radius 3 is 2.00 bits per heavy atom. The monoisotopic (exact) mass is 218 g/mol. The van der Waals surface area contributed by atoms with Gasteiger partial charge in [-0.25, -0.2) is 4.79 Å². The summed E-state index contributed by atoms with van der Waals surface area (Å²) in [6.07, 6.45) is 0. The van der Waals surface area contributed by atoms with E-state index in [1.807, 2.05) is 0 Å². The molecule has 4 N–H and O–H groups in total. The number of hydrogen-bond acceptors (Lipinski definition) is 4. The van der Waals surface area contributed by atoms with Crippen LogP contribution in [-0.2, 0) is 9.53 Å². The zero-order valence-electron chi connectivity index (χ0n) is 9.96. The van der Waals surface area contributed by atoms with Crippen LogP contribution < -0.4 is 11.1 Å². The van der Waals surface area contributed by atoms with E-state index in [0.717, 1.165) is 13.1 Å². The van der Waals surface area contributed by atoms with Gasteiger partial charge in [-0.15, -0.1) is 0 Å². The Hall–Kier alpha value is -1.23. The van der Waals surface area contributed by atoms with Crippen LogP contribution >= 0.6 is 0 Å². The predicted octanol–water partition coefficient (Wildman–Crippen LogP) is 0.913. The van der Waals surface area contributed by atoms with Gasteiger partial charge in [0.1, 0.15) is 0 Å². The fraction of sp³-hybridized carbons (Fsp3) is 0.700. The number of rotatable bonds is 5. The SMILES string of the molecule is CCNCC.CCO/C(N)=C(/C)C(=O)O. The Kier molecular flexibility index (Phi) is 11.7. The van der Waals surface area contributed by atoms with Crippen LogP contribution in [0.1, 0.15) is 27.7 Å². The summed E-state index contributed by atoms with van der Waals surface area (Å²) < 4.78 is 4.74. The standard InChI is InChI=1S/C6H11NO3.C4H11N/c1-3-10-5(7)4(2)6(8)9;1-3-5-4-2/h3,7H2,1-2H3,(H,8,9);5H,3-4H2,1-2H3/b5-4-;. The molecule has 0 unspecified atom stereocenters. The average Bonchev–Trinajstić information content (AvgIpc) is 2.19. The number of hydrogen-bond donors (Lipinski definition) is 3. The minimum absolute atomic E-state index is 0.0185. The van der Waals surface area contributed by atoms with E-state index < -0.39 is 5.97 Å². The molecule has 0 heterocycles. The number of carboxylic acid groups (broad SMARTS) is 1. The van der Waals surface area contributed by atoms with E-state index in [9.17, 15) is 4.79 Å². The smallest absolute Gasteiger partial charge is 0.336 e. The van der Waals surface area contributed by atoms with Crippen LogP contribution in [0, 0.1) is 0 Å². The van der Waals surface area contributed by atoms with Crippen molar-refractivity contribution in [3.8, 4) is 0 Å². The first-order valence-corrected chi connectivity index (χ1v) is 5.04. The minimum Gasteiger partial charge on any atom is -0.479 e. The van der Waals surface area contributed by atoms with Gasteiger partial charge < -0.3 is 20.9 Å². The van der Waals surface area contributed by atoms with Crippen molar-refractivity contribution in [1.29, 1.82) is 0 Å². The Labute approximate surface area is 91.3 Å². The lowest BCUT2D eigenvalue weighted by Gasteiger charge is -2.03. The number of aliphatic carboxylic acids is 1. The molecular formula is C10H22N2O3. The lowest BCUT2D eigenvalue weighted by molar-refractivity contribution is -0.132. The molecule has 90 valence electrons. The Morgan fingerprint density at radius 1 is 1.33 bits per heavy atom. The molecule has 0 spiro atoms. The van der Waals surface area contributed by atoms with Crippen molar-refractivity contribution in [3.05, 3.63) is 11.5 Å². The van der Waals surface area contributed by atoms with Crippen LogP contribution in [0.15, 0.2) is 11.5 Å². The molecule has 0 rings (SSSR count). The number of carbonyl (C=O) groups is 1. The van der Waals surface area contributed by atoms with Crippen molar-refractivity contribution in [1.82, 2.24) is 5.32 Å². The molecule has 0 fully saturated rings. The molecule has 0 atom stereocenters. The third-order valence-electron chi connectivity index (χ3n) is 1.49. The lowest BCUT2D eigenvalue weighted by Crippen LogP contribution is -2.10. The van der Waals surface area contributed by atoms with Crippen LogP contribution in [0.3, 0.4) is 0 Å². The van der Waals surface area contributed by atoms with Crippen molar-refractivity contribution in [3.63, 3.8) is 0 Å². The highest BCUT2D eigenvalue weighted by atomic mass is 16.5. The largest absolute Gasteiger partial charge is 0.479 e. The van der Waals surface area contributed by atoms with Crippen LogP contribution in [0.25, 0.3) is 0 Å². The summed E-state index contributed by atoms with van der Waals surface area (Å²) in [6, 6.07) is 0. The first kappa shape index (κ1) is 16.2. The highest BCUT2D eigenvalue weighted by Crippen LogP contribution is 1.98. The molecule has 0 bridgehead atoms. The summed E-state index contributed by atoms with van der Waals surface area (Å²) in [5.74, 6) is -1.07. The Morgan fingerprint density at radius 2 is 1.80 bits per heavy atom. The van der Waals surface area contributed by atoms with Crippen LogP contribution in [0.5, 0.6) is 0 Å². The highest BCUT2D eigenvalue weighted by molar-refractivity contribution is 5.86. The van der Waals surface area contributed by atoms with Crippen molar-refractivity contribution < 1.29 is 14.6 Å². The second kappa shape index (κ2) is 10.8. The average molecular weight is 218 g/mol. The molecule has 0 radical (unpaired) electrons. The molecule has 0 amide bonds. The van der Waals surface area contributed by atoms with Gasteiger partial charge in [-0.05, 0) is 26.9 Å². The van der Waals surface area contributed by atoms with Crippen LogP contribution in [-0.4, -0.2) is 30.8 Å².